The van der Waals surface area contributed by atoms with Crippen LogP contribution in [0.2, 0.25) is 0 Å². The minimum atomic E-state index is -3.00. The summed E-state index contributed by atoms with van der Waals surface area (Å²) in [5, 5.41) is 0. The molecule has 0 aromatic heterocycles. The fourth-order valence-corrected chi connectivity index (χ4v) is 4.21. The van der Waals surface area contributed by atoms with E-state index in [9.17, 15) is 13.2 Å². The standard InChI is InChI=1S/C16H23NO4S/c1-12(2)10-21-15-6-4-5-13(9-15)16(18)17(3)14-7-8-22(19,20)11-14/h4-6,9,12,14H,7-8,10-11H2,1-3H3. The molecule has 2 rings (SSSR count). The molecule has 1 aliphatic heterocycles. The van der Waals surface area contributed by atoms with Gasteiger partial charge in [0.1, 0.15) is 5.75 Å². The summed E-state index contributed by atoms with van der Waals surface area (Å²) in [5.41, 5.74) is 0.521. The summed E-state index contributed by atoms with van der Waals surface area (Å²) in [7, 11) is -1.34. The van der Waals surface area contributed by atoms with Crippen molar-refractivity contribution in [2.24, 2.45) is 5.92 Å². The molecule has 0 bridgehead atoms. The van der Waals surface area contributed by atoms with Crippen LogP contribution in [0.5, 0.6) is 5.75 Å². The van der Waals surface area contributed by atoms with Gasteiger partial charge in [-0.25, -0.2) is 8.42 Å². The van der Waals surface area contributed by atoms with Crippen molar-refractivity contribution in [1.82, 2.24) is 4.90 Å². The van der Waals surface area contributed by atoms with E-state index in [2.05, 4.69) is 13.8 Å². The van der Waals surface area contributed by atoms with E-state index in [1.165, 1.54) is 4.90 Å². The van der Waals surface area contributed by atoms with E-state index in [-0.39, 0.29) is 23.5 Å². The van der Waals surface area contributed by atoms with Gasteiger partial charge in [0, 0.05) is 18.7 Å². The van der Waals surface area contributed by atoms with Gasteiger partial charge in [0.05, 0.1) is 18.1 Å². The maximum atomic E-state index is 12.5. The molecule has 1 saturated heterocycles. The Morgan fingerprint density at radius 1 is 1.41 bits per heavy atom. The molecule has 5 nitrogen and oxygen atoms in total. The largest absolute Gasteiger partial charge is 0.493 e. The number of hydrogen-bond donors (Lipinski definition) is 0. The zero-order valence-corrected chi connectivity index (χ0v) is 14.1. The molecule has 122 valence electrons. The van der Waals surface area contributed by atoms with Crippen molar-refractivity contribution < 1.29 is 17.9 Å². The lowest BCUT2D eigenvalue weighted by Crippen LogP contribution is -2.37. The number of rotatable bonds is 5. The minimum absolute atomic E-state index is 0.0543. The molecule has 0 aliphatic carbocycles. The second-order valence-electron chi connectivity index (χ2n) is 6.21. The molecule has 1 unspecified atom stereocenters. The lowest BCUT2D eigenvalue weighted by atomic mass is 10.1. The fraction of sp³-hybridized carbons (Fsp3) is 0.562. The Bertz CT molecular complexity index is 639. The number of carbonyl (C=O) groups excluding carboxylic acids is 1. The summed E-state index contributed by atoms with van der Waals surface area (Å²) in [6.45, 7) is 4.71. The topological polar surface area (TPSA) is 63.7 Å². The van der Waals surface area contributed by atoms with E-state index in [0.717, 1.165) is 0 Å². The van der Waals surface area contributed by atoms with Gasteiger partial charge in [-0.05, 0) is 30.5 Å². The van der Waals surface area contributed by atoms with E-state index in [0.29, 0.717) is 30.3 Å². The second kappa shape index (κ2) is 6.69. The zero-order chi connectivity index (χ0) is 16.3. The summed E-state index contributed by atoms with van der Waals surface area (Å²) in [6.07, 6.45) is 0.508. The summed E-state index contributed by atoms with van der Waals surface area (Å²) < 4.78 is 28.7. The Morgan fingerprint density at radius 2 is 2.14 bits per heavy atom. The number of sulfone groups is 1. The lowest BCUT2D eigenvalue weighted by molar-refractivity contribution is 0.0747. The molecule has 0 spiro atoms. The van der Waals surface area contributed by atoms with Crippen LogP contribution in [-0.4, -0.2) is 50.4 Å². The Hall–Kier alpha value is -1.56. The summed E-state index contributed by atoms with van der Waals surface area (Å²) in [5.74, 6) is 1.11. The van der Waals surface area contributed by atoms with Crippen molar-refractivity contribution >= 4 is 15.7 Å². The average molecular weight is 325 g/mol. The van der Waals surface area contributed by atoms with E-state index in [1.807, 2.05) is 6.07 Å². The van der Waals surface area contributed by atoms with Crippen molar-refractivity contribution in [1.29, 1.82) is 0 Å². The third-order valence-corrected chi connectivity index (χ3v) is 5.49. The van der Waals surface area contributed by atoms with Crippen LogP contribution in [0.25, 0.3) is 0 Å². The van der Waals surface area contributed by atoms with E-state index in [4.69, 9.17) is 4.74 Å². The smallest absolute Gasteiger partial charge is 0.254 e. The van der Waals surface area contributed by atoms with Gasteiger partial charge in [-0.15, -0.1) is 0 Å². The molecule has 1 amide bonds. The first-order chi connectivity index (χ1) is 10.3. The van der Waals surface area contributed by atoms with Gasteiger partial charge in [0.2, 0.25) is 0 Å². The van der Waals surface area contributed by atoms with Crippen molar-refractivity contribution in [2.45, 2.75) is 26.3 Å². The number of carbonyl (C=O) groups is 1. The molecule has 0 saturated carbocycles. The molecule has 22 heavy (non-hydrogen) atoms. The van der Waals surface area contributed by atoms with Gasteiger partial charge in [-0.2, -0.15) is 0 Å². The van der Waals surface area contributed by atoms with Crippen molar-refractivity contribution in [2.75, 3.05) is 25.2 Å². The van der Waals surface area contributed by atoms with Gasteiger partial charge in [0.25, 0.3) is 5.91 Å². The summed E-state index contributed by atoms with van der Waals surface area (Å²) in [6, 6.07) is 6.80. The third-order valence-electron chi connectivity index (χ3n) is 3.74. The molecule has 1 fully saturated rings. The maximum Gasteiger partial charge on any atom is 0.254 e. The zero-order valence-electron chi connectivity index (χ0n) is 13.3. The minimum Gasteiger partial charge on any atom is -0.493 e. The van der Waals surface area contributed by atoms with Crippen LogP contribution in [0.1, 0.15) is 30.6 Å². The molecular weight excluding hydrogens is 302 g/mol. The predicted molar refractivity (Wildman–Crippen MR) is 85.9 cm³/mol. The van der Waals surface area contributed by atoms with Gasteiger partial charge in [-0.3, -0.25) is 4.79 Å². The van der Waals surface area contributed by atoms with Crippen LogP contribution in [0.15, 0.2) is 24.3 Å². The fourth-order valence-electron chi connectivity index (χ4n) is 2.43. The number of nitrogens with zero attached hydrogens (tertiary/aromatic N) is 1. The van der Waals surface area contributed by atoms with E-state index in [1.54, 1.807) is 25.2 Å². The first kappa shape index (κ1) is 16.8. The SMILES string of the molecule is CC(C)COc1cccc(C(=O)N(C)C2CCS(=O)(=O)C2)c1. The molecule has 0 N–H and O–H groups in total. The Kier molecular flexibility index (Phi) is 5.11. The van der Waals surface area contributed by atoms with Gasteiger partial charge in [0.15, 0.2) is 9.84 Å². The molecule has 1 aliphatic rings. The quantitative estimate of drug-likeness (QED) is 0.830. The van der Waals surface area contributed by atoms with Crippen LogP contribution in [0.3, 0.4) is 0 Å². The molecule has 0 radical (unpaired) electrons. The number of hydrogen-bond acceptors (Lipinski definition) is 4. The number of benzene rings is 1. The number of amides is 1. The van der Waals surface area contributed by atoms with Crippen LogP contribution >= 0.6 is 0 Å². The highest BCUT2D eigenvalue weighted by Crippen LogP contribution is 2.20. The monoisotopic (exact) mass is 325 g/mol. The molecule has 1 aromatic carbocycles. The Balaban J connectivity index is 2.07. The molecule has 1 heterocycles. The molecule has 1 aromatic rings. The Morgan fingerprint density at radius 3 is 2.73 bits per heavy atom. The highest BCUT2D eigenvalue weighted by atomic mass is 32.2. The third kappa shape index (κ3) is 4.22. The normalized spacial score (nSPS) is 20.1. The lowest BCUT2D eigenvalue weighted by Gasteiger charge is -2.23. The summed E-state index contributed by atoms with van der Waals surface area (Å²) >= 11 is 0. The predicted octanol–water partition coefficient (Wildman–Crippen LogP) is 1.98. The maximum absolute atomic E-state index is 12.5. The van der Waals surface area contributed by atoms with E-state index < -0.39 is 9.84 Å². The molecule has 1 atom stereocenters. The first-order valence-electron chi connectivity index (χ1n) is 7.49. The van der Waals surface area contributed by atoms with Crippen LogP contribution in [0.4, 0.5) is 0 Å². The second-order valence-corrected chi connectivity index (χ2v) is 8.43. The van der Waals surface area contributed by atoms with Crippen LogP contribution < -0.4 is 4.74 Å². The van der Waals surface area contributed by atoms with Crippen molar-refractivity contribution in [3.8, 4) is 5.75 Å². The van der Waals surface area contributed by atoms with E-state index >= 15 is 0 Å². The van der Waals surface area contributed by atoms with Crippen LogP contribution in [-0.2, 0) is 9.84 Å². The summed E-state index contributed by atoms with van der Waals surface area (Å²) in [4.78, 5) is 14.0. The molecular formula is C16H23NO4S. The molecule has 6 heteroatoms. The van der Waals surface area contributed by atoms with Crippen molar-refractivity contribution in [3.63, 3.8) is 0 Å². The number of ether oxygens (including phenoxy) is 1. The van der Waals surface area contributed by atoms with Gasteiger partial charge < -0.3 is 9.64 Å². The van der Waals surface area contributed by atoms with Crippen LogP contribution in [0, 0.1) is 5.92 Å². The van der Waals surface area contributed by atoms with Gasteiger partial charge >= 0.3 is 0 Å². The van der Waals surface area contributed by atoms with Gasteiger partial charge in [-0.1, -0.05) is 19.9 Å². The first-order valence-corrected chi connectivity index (χ1v) is 9.31. The van der Waals surface area contributed by atoms with Crippen molar-refractivity contribution in [3.05, 3.63) is 29.8 Å². The highest BCUT2D eigenvalue weighted by molar-refractivity contribution is 7.91. The average Bonchev–Trinajstić information content (AvgIpc) is 2.84. The Labute approximate surface area is 132 Å². The highest BCUT2D eigenvalue weighted by Gasteiger charge is 2.33.